The van der Waals surface area contributed by atoms with Gasteiger partial charge in [-0.1, -0.05) is 6.07 Å². The molecule has 1 aliphatic rings. The van der Waals surface area contributed by atoms with Gasteiger partial charge < -0.3 is 18.9 Å². The van der Waals surface area contributed by atoms with Crippen molar-refractivity contribution in [1.29, 1.82) is 0 Å². The molecule has 0 saturated carbocycles. The summed E-state index contributed by atoms with van der Waals surface area (Å²) in [5.41, 5.74) is 4.00. The van der Waals surface area contributed by atoms with E-state index in [1.54, 1.807) is 38.1 Å². The minimum atomic E-state index is -0.564. The molecule has 1 saturated heterocycles. The molecule has 1 aromatic carbocycles. The highest BCUT2D eigenvalue weighted by molar-refractivity contribution is 5.96. The van der Waals surface area contributed by atoms with Gasteiger partial charge in [-0.3, -0.25) is 4.68 Å². The number of hydrogen-bond acceptors (Lipinski definition) is 7. The summed E-state index contributed by atoms with van der Waals surface area (Å²) in [4.78, 5) is 17.0. The van der Waals surface area contributed by atoms with Crippen LogP contribution in [0.1, 0.15) is 34.5 Å². The van der Waals surface area contributed by atoms with Crippen LogP contribution in [0.15, 0.2) is 30.6 Å². The van der Waals surface area contributed by atoms with Gasteiger partial charge in [0.1, 0.15) is 23.5 Å². The summed E-state index contributed by atoms with van der Waals surface area (Å²) in [6, 6.07) is 4.62. The van der Waals surface area contributed by atoms with E-state index in [1.807, 2.05) is 19.9 Å². The van der Waals surface area contributed by atoms with E-state index in [0.717, 1.165) is 16.7 Å². The molecule has 9 heteroatoms. The molecule has 2 atom stereocenters. The fourth-order valence-electron chi connectivity index (χ4n) is 4.45. The van der Waals surface area contributed by atoms with Crippen LogP contribution in [0.4, 0.5) is 4.39 Å². The van der Waals surface area contributed by atoms with Gasteiger partial charge in [-0.05, 0) is 49.6 Å². The summed E-state index contributed by atoms with van der Waals surface area (Å²) in [6.45, 7) is 6.44. The SMILES string of the molecule is CCOC(=O)c1cnn([C@@H]2COC[C@H]2OC)c1-c1ccc(-c2c(C)cnc(OC)c2C)cc1F. The Labute approximate surface area is 197 Å². The van der Waals surface area contributed by atoms with E-state index in [4.69, 9.17) is 18.9 Å². The van der Waals surface area contributed by atoms with E-state index >= 15 is 4.39 Å². The molecule has 0 N–H and O–H groups in total. The lowest BCUT2D eigenvalue weighted by Crippen LogP contribution is -2.26. The molecule has 0 spiro atoms. The first-order valence-corrected chi connectivity index (χ1v) is 11.1. The van der Waals surface area contributed by atoms with E-state index < -0.39 is 11.8 Å². The summed E-state index contributed by atoms with van der Waals surface area (Å²) < 4.78 is 39.0. The number of aromatic nitrogens is 3. The molecule has 1 fully saturated rings. The average molecular weight is 470 g/mol. The van der Waals surface area contributed by atoms with Gasteiger partial charge in [-0.15, -0.1) is 0 Å². The van der Waals surface area contributed by atoms with Crippen LogP contribution in [0.3, 0.4) is 0 Å². The van der Waals surface area contributed by atoms with Gasteiger partial charge in [0, 0.05) is 24.4 Å². The predicted octanol–water partition coefficient (Wildman–Crippen LogP) is 4.14. The van der Waals surface area contributed by atoms with Crippen LogP contribution in [0.25, 0.3) is 22.4 Å². The lowest BCUT2D eigenvalue weighted by molar-refractivity contribution is 0.0526. The molecule has 4 rings (SSSR count). The molecule has 2 aromatic heterocycles. The van der Waals surface area contributed by atoms with Crippen LogP contribution < -0.4 is 4.74 Å². The van der Waals surface area contributed by atoms with Crippen molar-refractivity contribution in [2.24, 2.45) is 0 Å². The Balaban J connectivity index is 1.85. The Morgan fingerprint density at radius 1 is 1.24 bits per heavy atom. The van der Waals surface area contributed by atoms with Gasteiger partial charge >= 0.3 is 5.97 Å². The van der Waals surface area contributed by atoms with Crippen molar-refractivity contribution in [3.8, 4) is 28.3 Å². The van der Waals surface area contributed by atoms with Crippen molar-refractivity contribution in [3.05, 3.63) is 53.1 Å². The topological polar surface area (TPSA) is 84.7 Å². The third-order valence-electron chi connectivity index (χ3n) is 6.08. The highest BCUT2D eigenvalue weighted by Crippen LogP contribution is 2.37. The monoisotopic (exact) mass is 469 g/mol. The standard InChI is InChI=1S/C25H28FN3O5/c1-6-34-25(30)18-11-28-29(20-12-33-13-21(20)31-4)23(18)17-8-7-16(9-19(17)26)22-14(2)10-27-24(32-5)15(22)3/h7-11,20-21H,6,12-13H2,1-5H3/t20-,21-/m1/s1. The third-order valence-corrected chi connectivity index (χ3v) is 6.08. The normalized spacial score (nSPS) is 17.7. The molecule has 0 amide bonds. The number of ether oxygens (including phenoxy) is 4. The van der Waals surface area contributed by atoms with Gasteiger partial charge in [0.05, 0.1) is 38.8 Å². The Bertz CT molecular complexity index is 1210. The lowest BCUT2D eigenvalue weighted by atomic mass is 9.95. The fourth-order valence-corrected chi connectivity index (χ4v) is 4.45. The van der Waals surface area contributed by atoms with Crippen LogP contribution in [-0.4, -0.2) is 60.9 Å². The third kappa shape index (κ3) is 4.17. The van der Waals surface area contributed by atoms with Crippen LogP contribution in [0.5, 0.6) is 5.88 Å². The van der Waals surface area contributed by atoms with Gasteiger partial charge in [0.25, 0.3) is 0 Å². The number of aryl methyl sites for hydroxylation is 1. The molecule has 1 aliphatic heterocycles. The molecule has 180 valence electrons. The summed E-state index contributed by atoms with van der Waals surface area (Å²) in [7, 11) is 3.14. The highest BCUT2D eigenvalue weighted by Gasteiger charge is 2.35. The van der Waals surface area contributed by atoms with Crippen LogP contribution in [0, 0.1) is 19.7 Å². The number of hydrogen-bond donors (Lipinski definition) is 0. The van der Waals surface area contributed by atoms with E-state index in [0.29, 0.717) is 30.4 Å². The Kier molecular flexibility index (Phi) is 6.95. The lowest BCUT2D eigenvalue weighted by Gasteiger charge is -2.20. The van der Waals surface area contributed by atoms with Crippen molar-refractivity contribution >= 4 is 5.97 Å². The maximum absolute atomic E-state index is 15.7. The van der Waals surface area contributed by atoms with E-state index in [1.165, 1.54) is 12.3 Å². The van der Waals surface area contributed by atoms with Gasteiger partial charge in [0.2, 0.25) is 5.88 Å². The molecule has 0 radical (unpaired) electrons. The molecule has 34 heavy (non-hydrogen) atoms. The first kappa shape index (κ1) is 23.8. The smallest absolute Gasteiger partial charge is 0.341 e. The number of halogens is 1. The maximum Gasteiger partial charge on any atom is 0.341 e. The minimum absolute atomic E-state index is 0.188. The van der Waals surface area contributed by atoms with Crippen molar-refractivity contribution in [2.75, 3.05) is 34.0 Å². The van der Waals surface area contributed by atoms with Crippen LogP contribution in [-0.2, 0) is 14.2 Å². The van der Waals surface area contributed by atoms with Crippen LogP contribution in [0.2, 0.25) is 0 Å². The molecule has 3 heterocycles. The number of esters is 1. The van der Waals surface area contributed by atoms with Crippen LogP contribution >= 0.6 is 0 Å². The van der Waals surface area contributed by atoms with E-state index in [2.05, 4.69) is 10.1 Å². The zero-order chi connectivity index (χ0) is 24.4. The Morgan fingerprint density at radius 2 is 2.03 bits per heavy atom. The second-order valence-electron chi connectivity index (χ2n) is 8.10. The molecule has 8 nitrogen and oxygen atoms in total. The molecule has 3 aromatic rings. The summed E-state index contributed by atoms with van der Waals surface area (Å²) in [5.74, 6) is -0.572. The number of methoxy groups -OCH3 is 2. The number of benzene rings is 1. The van der Waals surface area contributed by atoms with Crippen molar-refractivity contribution in [3.63, 3.8) is 0 Å². The highest BCUT2D eigenvalue weighted by atomic mass is 19.1. The summed E-state index contributed by atoms with van der Waals surface area (Å²) in [5, 5.41) is 4.41. The first-order chi connectivity index (χ1) is 16.4. The van der Waals surface area contributed by atoms with Crippen molar-refractivity contribution in [1.82, 2.24) is 14.8 Å². The fraction of sp³-hybridized carbons (Fsp3) is 0.400. The zero-order valence-electron chi connectivity index (χ0n) is 19.9. The zero-order valence-corrected chi connectivity index (χ0v) is 19.9. The van der Waals surface area contributed by atoms with Gasteiger partial charge in [0.15, 0.2) is 0 Å². The average Bonchev–Trinajstić information content (AvgIpc) is 3.46. The number of nitrogens with zero attached hydrogens (tertiary/aromatic N) is 3. The summed E-state index contributed by atoms with van der Waals surface area (Å²) in [6.07, 6.45) is 2.84. The molecular formula is C25H28FN3O5. The quantitative estimate of drug-likeness (QED) is 0.481. The number of rotatable bonds is 7. The van der Waals surface area contributed by atoms with Gasteiger partial charge in [-0.2, -0.15) is 5.10 Å². The van der Waals surface area contributed by atoms with Gasteiger partial charge in [-0.25, -0.2) is 14.2 Å². The summed E-state index contributed by atoms with van der Waals surface area (Å²) >= 11 is 0. The Hall–Kier alpha value is -3.30. The van der Waals surface area contributed by atoms with E-state index in [9.17, 15) is 4.79 Å². The largest absolute Gasteiger partial charge is 0.481 e. The predicted molar refractivity (Wildman–Crippen MR) is 123 cm³/mol. The molecule has 0 bridgehead atoms. The van der Waals surface area contributed by atoms with Crippen molar-refractivity contribution in [2.45, 2.75) is 32.9 Å². The molecule has 0 aliphatic carbocycles. The molecular weight excluding hydrogens is 441 g/mol. The minimum Gasteiger partial charge on any atom is -0.481 e. The second kappa shape index (κ2) is 9.90. The molecule has 0 unspecified atom stereocenters. The second-order valence-corrected chi connectivity index (χ2v) is 8.10. The first-order valence-electron chi connectivity index (χ1n) is 11.1. The Morgan fingerprint density at radius 3 is 2.71 bits per heavy atom. The maximum atomic E-state index is 15.7. The van der Waals surface area contributed by atoms with E-state index in [-0.39, 0.29) is 29.9 Å². The number of pyridine rings is 1. The van der Waals surface area contributed by atoms with Crippen molar-refractivity contribution < 1.29 is 28.1 Å². The number of carbonyl (C=O) groups is 1. The number of carbonyl (C=O) groups excluding carboxylic acids is 1.